The molecule has 0 aliphatic carbocycles. The zero-order chi connectivity index (χ0) is 25.4. The monoisotopic (exact) mass is 501 g/mol. The van der Waals surface area contributed by atoms with E-state index in [4.69, 9.17) is 9.73 Å². The molecule has 1 atom stereocenters. The molecule has 0 saturated heterocycles. The van der Waals surface area contributed by atoms with Crippen molar-refractivity contribution < 1.29 is 14.6 Å². The van der Waals surface area contributed by atoms with E-state index in [1.165, 1.54) is 4.88 Å². The van der Waals surface area contributed by atoms with Crippen molar-refractivity contribution in [1.29, 1.82) is 0 Å². The lowest BCUT2D eigenvalue weighted by molar-refractivity contribution is -0.137. The summed E-state index contributed by atoms with van der Waals surface area (Å²) >= 11 is 1.65. The Kier molecular flexibility index (Phi) is 6.32. The third-order valence-electron chi connectivity index (χ3n) is 6.40. The number of aliphatic imine (C=N–C) groups is 1. The molecule has 0 bridgehead atoms. The summed E-state index contributed by atoms with van der Waals surface area (Å²) in [5.74, 6) is 1.18. The summed E-state index contributed by atoms with van der Waals surface area (Å²) in [6, 6.07) is 15.4. The number of ether oxygens (including phenoxy) is 1. The minimum Gasteiger partial charge on any atom is -0.497 e. The number of thiophene rings is 1. The molecule has 184 valence electrons. The second-order valence-corrected chi connectivity index (χ2v) is 9.98. The summed E-state index contributed by atoms with van der Waals surface area (Å²) in [5, 5.41) is 22.6. The van der Waals surface area contributed by atoms with Crippen molar-refractivity contribution in [3.05, 3.63) is 87.3 Å². The third kappa shape index (κ3) is 4.37. The van der Waals surface area contributed by atoms with Crippen molar-refractivity contribution in [2.24, 2.45) is 4.99 Å². The molecule has 5 rings (SSSR count). The van der Waals surface area contributed by atoms with E-state index in [2.05, 4.69) is 35.4 Å². The van der Waals surface area contributed by atoms with E-state index in [1.807, 2.05) is 54.0 Å². The summed E-state index contributed by atoms with van der Waals surface area (Å²) in [7, 11) is 1.66. The van der Waals surface area contributed by atoms with Gasteiger partial charge in [0, 0.05) is 28.2 Å². The van der Waals surface area contributed by atoms with Crippen LogP contribution in [0.25, 0.3) is 5.00 Å². The van der Waals surface area contributed by atoms with Gasteiger partial charge in [0.05, 0.1) is 19.2 Å². The standard InChI is InChI=1S/C27H27N5O3S/c1-15-16(2)36-27-24(15)25(29-22(13-23(33)34)26-31-30-17(3)32(26)27)19-8-10-20(11-9-19)28-14-18-6-5-7-21(12-18)35-4/h5-12,22,28H,13-14H2,1-4H3,(H,33,34)/t22-/m0/s1. The van der Waals surface area contributed by atoms with Crippen molar-refractivity contribution in [2.45, 2.75) is 39.8 Å². The normalized spacial score (nSPS) is 14.4. The molecule has 0 saturated carbocycles. The highest BCUT2D eigenvalue weighted by molar-refractivity contribution is 7.15. The summed E-state index contributed by atoms with van der Waals surface area (Å²) in [4.78, 5) is 17.9. The highest BCUT2D eigenvalue weighted by Crippen LogP contribution is 2.39. The number of carboxylic acid groups (broad SMARTS) is 1. The van der Waals surface area contributed by atoms with Crippen molar-refractivity contribution in [1.82, 2.24) is 14.8 Å². The molecule has 0 fully saturated rings. The average Bonchev–Trinajstić information content (AvgIpc) is 3.35. The van der Waals surface area contributed by atoms with Crippen LogP contribution in [0.15, 0.2) is 53.5 Å². The maximum Gasteiger partial charge on any atom is 0.306 e. The van der Waals surface area contributed by atoms with Crippen molar-refractivity contribution >= 4 is 28.7 Å². The van der Waals surface area contributed by atoms with Crippen molar-refractivity contribution in [2.75, 3.05) is 12.4 Å². The number of rotatable bonds is 7. The molecule has 1 aliphatic rings. The predicted molar refractivity (Wildman–Crippen MR) is 141 cm³/mol. The molecule has 2 aromatic heterocycles. The number of aliphatic carboxylic acids is 1. The van der Waals surface area contributed by atoms with Gasteiger partial charge in [-0.05, 0) is 56.2 Å². The fourth-order valence-corrected chi connectivity index (χ4v) is 5.64. The Morgan fingerprint density at radius 1 is 1.14 bits per heavy atom. The molecular weight excluding hydrogens is 474 g/mol. The van der Waals surface area contributed by atoms with Gasteiger partial charge in [0.1, 0.15) is 22.6 Å². The SMILES string of the molecule is COc1cccc(CNc2ccc(C3=N[C@@H](CC(=O)O)c4nnc(C)n4-c4sc(C)c(C)c43)cc2)c1. The molecule has 1 aliphatic heterocycles. The van der Waals surface area contributed by atoms with Gasteiger partial charge >= 0.3 is 5.97 Å². The first-order chi connectivity index (χ1) is 17.4. The molecule has 2 N–H and O–H groups in total. The van der Waals surface area contributed by atoms with E-state index in [0.29, 0.717) is 12.4 Å². The number of hydrogen-bond acceptors (Lipinski definition) is 7. The van der Waals surface area contributed by atoms with Crippen LogP contribution in [0.1, 0.15) is 51.2 Å². The molecule has 2 aromatic carbocycles. The van der Waals surface area contributed by atoms with Crippen LogP contribution in [0.4, 0.5) is 5.69 Å². The fraction of sp³-hybridized carbons (Fsp3) is 0.259. The Morgan fingerprint density at radius 2 is 1.92 bits per heavy atom. The lowest BCUT2D eigenvalue weighted by atomic mass is 9.99. The lowest BCUT2D eigenvalue weighted by Crippen LogP contribution is -2.10. The second kappa shape index (κ2) is 9.58. The van der Waals surface area contributed by atoms with Gasteiger partial charge in [0.15, 0.2) is 5.82 Å². The van der Waals surface area contributed by atoms with E-state index in [0.717, 1.165) is 50.2 Å². The van der Waals surface area contributed by atoms with Gasteiger partial charge in [-0.3, -0.25) is 14.4 Å². The first kappa shape index (κ1) is 23.7. The number of aromatic nitrogens is 3. The average molecular weight is 502 g/mol. The summed E-state index contributed by atoms with van der Waals surface area (Å²) in [5.41, 5.74) is 5.94. The molecule has 36 heavy (non-hydrogen) atoms. The van der Waals surface area contributed by atoms with Crippen LogP contribution >= 0.6 is 11.3 Å². The quantitative estimate of drug-likeness (QED) is 0.359. The van der Waals surface area contributed by atoms with E-state index >= 15 is 0 Å². The number of carboxylic acids is 1. The highest BCUT2D eigenvalue weighted by Gasteiger charge is 2.32. The molecular formula is C27H27N5O3S. The molecule has 8 nitrogen and oxygen atoms in total. The topological polar surface area (TPSA) is 102 Å². The number of nitrogens with one attached hydrogen (secondary N) is 1. The zero-order valence-corrected chi connectivity index (χ0v) is 21.4. The first-order valence-corrected chi connectivity index (χ1v) is 12.5. The second-order valence-electron chi connectivity index (χ2n) is 8.78. The fourth-order valence-electron chi connectivity index (χ4n) is 4.42. The van der Waals surface area contributed by atoms with Gasteiger partial charge in [-0.1, -0.05) is 24.3 Å². The molecule has 0 unspecified atom stereocenters. The van der Waals surface area contributed by atoms with Crippen molar-refractivity contribution in [3.63, 3.8) is 0 Å². The van der Waals surface area contributed by atoms with Gasteiger partial charge in [-0.15, -0.1) is 21.5 Å². The maximum atomic E-state index is 11.7. The number of aryl methyl sites for hydroxylation is 2. The Balaban J connectivity index is 1.51. The molecule has 9 heteroatoms. The largest absolute Gasteiger partial charge is 0.497 e. The Morgan fingerprint density at radius 3 is 2.64 bits per heavy atom. The van der Waals surface area contributed by atoms with Crippen LogP contribution in [0.2, 0.25) is 0 Å². The van der Waals surface area contributed by atoms with Gasteiger partial charge in [0.2, 0.25) is 0 Å². The van der Waals surface area contributed by atoms with Crippen molar-refractivity contribution in [3.8, 4) is 10.8 Å². The van der Waals surface area contributed by atoms with Crippen LogP contribution in [0, 0.1) is 20.8 Å². The smallest absolute Gasteiger partial charge is 0.306 e. The van der Waals surface area contributed by atoms with Crippen LogP contribution in [-0.2, 0) is 11.3 Å². The Hall–Kier alpha value is -3.98. The molecule has 0 amide bonds. The van der Waals surface area contributed by atoms with Gasteiger partial charge in [-0.25, -0.2) is 0 Å². The molecule has 0 radical (unpaired) electrons. The number of benzene rings is 2. The van der Waals surface area contributed by atoms with E-state index < -0.39 is 12.0 Å². The predicted octanol–water partition coefficient (Wildman–Crippen LogP) is 5.24. The van der Waals surface area contributed by atoms with Gasteiger partial charge in [0.25, 0.3) is 0 Å². The van der Waals surface area contributed by atoms with E-state index in [1.54, 1.807) is 18.4 Å². The first-order valence-electron chi connectivity index (χ1n) is 11.6. The van der Waals surface area contributed by atoms with Gasteiger partial charge < -0.3 is 15.2 Å². The minimum absolute atomic E-state index is 0.158. The number of hydrogen-bond donors (Lipinski definition) is 2. The Labute approximate surface area is 213 Å². The number of methoxy groups -OCH3 is 1. The van der Waals surface area contributed by atoms with Crippen LogP contribution in [0.5, 0.6) is 5.75 Å². The molecule has 0 spiro atoms. The Bertz CT molecular complexity index is 1470. The van der Waals surface area contributed by atoms with E-state index in [-0.39, 0.29) is 6.42 Å². The van der Waals surface area contributed by atoms with Crippen LogP contribution in [0.3, 0.4) is 0 Å². The zero-order valence-electron chi connectivity index (χ0n) is 20.6. The number of fused-ring (bicyclic) bond motifs is 3. The highest BCUT2D eigenvalue weighted by atomic mass is 32.1. The number of carbonyl (C=O) groups is 1. The number of nitrogens with zero attached hydrogens (tertiary/aromatic N) is 4. The van der Waals surface area contributed by atoms with Crippen LogP contribution in [-0.4, -0.2) is 38.7 Å². The van der Waals surface area contributed by atoms with E-state index in [9.17, 15) is 9.90 Å². The molecule has 4 aromatic rings. The third-order valence-corrected chi connectivity index (χ3v) is 7.59. The van der Waals surface area contributed by atoms with Crippen LogP contribution < -0.4 is 10.1 Å². The van der Waals surface area contributed by atoms with Gasteiger partial charge in [-0.2, -0.15) is 0 Å². The lowest BCUT2D eigenvalue weighted by Gasteiger charge is -2.12. The maximum absolute atomic E-state index is 11.7. The summed E-state index contributed by atoms with van der Waals surface area (Å²) < 4.78 is 7.28. The summed E-state index contributed by atoms with van der Waals surface area (Å²) in [6.07, 6.45) is -0.158. The summed E-state index contributed by atoms with van der Waals surface area (Å²) in [6.45, 7) is 6.72. The number of anilines is 1. The minimum atomic E-state index is -0.925. The molecule has 3 heterocycles.